The molecule has 204 valence electrons. The third-order valence-corrected chi connectivity index (χ3v) is 6.87. The van der Waals surface area contributed by atoms with Gasteiger partial charge in [0.15, 0.2) is 0 Å². The summed E-state index contributed by atoms with van der Waals surface area (Å²) in [5, 5.41) is 13.2. The van der Waals surface area contributed by atoms with Crippen molar-refractivity contribution in [2.45, 2.75) is 31.9 Å². The first kappa shape index (κ1) is 27.7. The lowest BCUT2D eigenvalue weighted by Crippen LogP contribution is -2.46. The average molecular weight is 531 g/mol. The molecule has 7 nitrogen and oxygen atoms in total. The van der Waals surface area contributed by atoms with E-state index in [4.69, 9.17) is 5.11 Å². The Morgan fingerprint density at radius 2 is 1.68 bits per heavy atom. The summed E-state index contributed by atoms with van der Waals surface area (Å²) < 4.78 is 40.6. The number of hydrogen-bond acceptors (Lipinski definition) is 5. The number of benzene rings is 2. The van der Waals surface area contributed by atoms with Gasteiger partial charge in [0.2, 0.25) is 5.91 Å². The van der Waals surface area contributed by atoms with E-state index in [0.29, 0.717) is 30.8 Å². The van der Waals surface area contributed by atoms with Crippen LogP contribution in [0.15, 0.2) is 54.9 Å². The summed E-state index contributed by atoms with van der Waals surface area (Å²) >= 11 is 0. The first-order valence-corrected chi connectivity index (χ1v) is 12.9. The molecule has 10 heteroatoms. The molecule has 1 saturated heterocycles. The molecule has 3 aromatic rings. The summed E-state index contributed by atoms with van der Waals surface area (Å²) in [5.74, 6) is -0.265. The average Bonchev–Trinajstić information content (AvgIpc) is 3.35. The number of piperazine rings is 1. The van der Waals surface area contributed by atoms with Gasteiger partial charge < -0.3 is 15.3 Å². The Bertz CT molecular complexity index is 1250. The molecule has 0 bridgehead atoms. The van der Waals surface area contributed by atoms with Crippen LogP contribution in [0.2, 0.25) is 0 Å². The molecule has 4 rings (SSSR count). The maximum atomic E-state index is 13.0. The molecule has 2 N–H and O–H groups in total. The quantitative estimate of drug-likeness (QED) is 0.380. The summed E-state index contributed by atoms with van der Waals surface area (Å²) in [6.07, 6.45) is 2.24. The highest BCUT2D eigenvalue weighted by atomic mass is 19.4. The van der Waals surface area contributed by atoms with Crippen LogP contribution in [0.25, 0.3) is 10.8 Å². The van der Waals surface area contributed by atoms with Gasteiger partial charge in [-0.15, -0.1) is 0 Å². The molecular formula is C28H33F3N4O3. The summed E-state index contributed by atoms with van der Waals surface area (Å²) in [5.41, 5.74) is 0.468. The lowest BCUT2D eigenvalue weighted by Gasteiger charge is -2.36. The van der Waals surface area contributed by atoms with Crippen LogP contribution in [0.1, 0.15) is 46.4 Å². The zero-order chi connectivity index (χ0) is 27.1. The normalized spacial score (nSPS) is 14.7. The Kier molecular flexibility index (Phi) is 9.06. The molecule has 0 radical (unpaired) electrons. The van der Waals surface area contributed by atoms with Crippen LogP contribution in [-0.4, -0.2) is 72.3 Å². The van der Waals surface area contributed by atoms with Gasteiger partial charge in [-0.3, -0.25) is 19.1 Å². The number of anilines is 1. The number of amides is 1. The fraction of sp³-hybridized carbons (Fsp3) is 0.429. The highest BCUT2D eigenvalue weighted by Crippen LogP contribution is 2.32. The molecule has 1 amide bonds. The number of fused-ring (bicyclic) bond motifs is 1. The smallest absolute Gasteiger partial charge is 0.395 e. The maximum absolute atomic E-state index is 13.0. The van der Waals surface area contributed by atoms with Gasteiger partial charge in [0.05, 0.1) is 12.2 Å². The molecule has 0 aliphatic carbocycles. The lowest BCUT2D eigenvalue weighted by molar-refractivity contribution is -0.137. The molecule has 1 aromatic heterocycles. The molecule has 0 spiro atoms. The number of aromatic nitrogens is 1. The number of alkyl halides is 3. The number of carbonyl (C=O) groups is 2. The molecule has 2 heterocycles. The molecule has 38 heavy (non-hydrogen) atoms. The molecule has 0 atom stereocenters. The van der Waals surface area contributed by atoms with Crippen LogP contribution in [0.5, 0.6) is 0 Å². The van der Waals surface area contributed by atoms with E-state index in [1.54, 1.807) is 41.2 Å². The van der Waals surface area contributed by atoms with Gasteiger partial charge in [-0.25, -0.2) is 0 Å². The fourth-order valence-corrected chi connectivity index (χ4v) is 4.72. The van der Waals surface area contributed by atoms with Gasteiger partial charge in [0.1, 0.15) is 0 Å². The number of nitrogens with one attached hydrogen (secondary N) is 1. The van der Waals surface area contributed by atoms with Crippen LogP contribution in [-0.2, 0) is 6.18 Å². The molecular weight excluding hydrogens is 497 g/mol. The van der Waals surface area contributed by atoms with Gasteiger partial charge in [-0.2, -0.15) is 13.2 Å². The SMILES string of the molecule is O=C(NCCO)c1ccc2cn(C(=O)CCCCCN3CCN(c4cccc(C(F)(F)F)c4)CC3)cc2c1. The maximum Gasteiger partial charge on any atom is 0.416 e. The number of hydrogen-bond donors (Lipinski definition) is 2. The number of rotatable bonds is 10. The Labute approximate surface area is 219 Å². The molecule has 2 aromatic carbocycles. The van der Waals surface area contributed by atoms with Crippen LogP contribution < -0.4 is 10.2 Å². The van der Waals surface area contributed by atoms with E-state index in [2.05, 4.69) is 10.2 Å². The van der Waals surface area contributed by atoms with Crippen molar-refractivity contribution in [1.82, 2.24) is 14.8 Å². The first-order valence-electron chi connectivity index (χ1n) is 12.9. The van der Waals surface area contributed by atoms with Gasteiger partial charge in [0, 0.05) is 68.2 Å². The standard InChI is InChI=1S/C28H33F3N4O3/c29-28(30,31)24-5-4-6-25(18-24)34-14-12-33(13-15-34)11-3-1-2-7-26(37)35-19-22-9-8-21(17-23(22)20-35)27(38)32-10-16-36/h4-6,8-9,17-20,36H,1-3,7,10-16H2,(H,32,38). The van der Waals surface area contributed by atoms with Crippen molar-refractivity contribution >= 4 is 28.3 Å². The zero-order valence-corrected chi connectivity index (χ0v) is 21.2. The van der Waals surface area contributed by atoms with E-state index in [0.717, 1.165) is 55.7 Å². The van der Waals surface area contributed by atoms with Gasteiger partial charge >= 0.3 is 6.18 Å². The topological polar surface area (TPSA) is 77.8 Å². The molecule has 0 unspecified atom stereocenters. The Morgan fingerprint density at radius 1 is 0.921 bits per heavy atom. The first-order chi connectivity index (χ1) is 18.2. The largest absolute Gasteiger partial charge is 0.416 e. The fourth-order valence-electron chi connectivity index (χ4n) is 4.72. The minimum atomic E-state index is -4.34. The predicted octanol–water partition coefficient (Wildman–Crippen LogP) is 4.41. The zero-order valence-electron chi connectivity index (χ0n) is 21.2. The van der Waals surface area contributed by atoms with Crippen molar-refractivity contribution in [3.8, 4) is 0 Å². The number of aliphatic hydroxyl groups is 1. The van der Waals surface area contributed by atoms with E-state index >= 15 is 0 Å². The minimum absolute atomic E-state index is 0.00202. The van der Waals surface area contributed by atoms with E-state index in [1.807, 2.05) is 4.90 Å². The summed E-state index contributed by atoms with van der Waals surface area (Å²) in [6.45, 7) is 3.93. The van der Waals surface area contributed by atoms with E-state index in [1.165, 1.54) is 12.1 Å². The van der Waals surface area contributed by atoms with Crippen molar-refractivity contribution in [2.24, 2.45) is 0 Å². The van der Waals surface area contributed by atoms with Gasteiger partial charge in [-0.1, -0.05) is 18.6 Å². The summed E-state index contributed by atoms with van der Waals surface area (Å²) in [6, 6.07) is 10.7. The van der Waals surface area contributed by atoms with Crippen molar-refractivity contribution < 1.29 is 27.9 Å². The second-order valence-electron chi connectivity index (χ2n) is 9.57. The number of unbranched alkanes of at least 4 members (excludes halogenated alkanes) is 2. The van der Waals surface area contributed by atoms with Crippen LogP contribution in [0.3, 0.4) is 0 Å². The van der Waals surface area contributed by atoms with Crippen molar-refractivity contribution in [3.63, 3.8) is 0 Å². The molecule has 1 aliphatic rings. The third-order valence-electron chi connectivity index (χ3n) is 6.87. The lowest BCUT2D eigenvalue weighted by atomic mass is 10.1. The van der Waals surface area contributed by atoms with Crippen molar-refractivity contribution in [2.75, 3.05) is 50.8 Å². The summed E-state index contributed by atoms with van der Waals surface area (Å²) in [4.78, 5) is 29.1. The Balaban J connectivity index is 1.17. The number of aliphatic hydroxyl groups excluding tert-OH is 1. The van der Waals surface area contributed by atoms with E-state index < -0.39 is 11.7 Å². The van der Waals surface area contributed by atoms with E-state index in [9.17, 15) is 22.8 Å². The molecule has 1 aliphatic heterocycles. The monoisotopic (exact) mass is 530 g/mol. The van der Waals surface area contributed by atoms with Gasteiger partial charge in [0.25, 0.3) is 5.91 Å². The second kappa shape index (κ2) is 12.4. The Morgan fingerprint density at radius 3 is 2.42 bits per heavy atom. The van der Waals surface area contributed by atoms with Crippen LogP contribution in [0, 0.1) is 0 Å². The highest BCUT2D eigenvalue weighted by Gasteiger charge is 2.31. The highest BCUT2D eigenvalue weighted by molar-refractivity contribution is 5.99. The van der Waals surface area contributed by atoms with Crippen LogP contribution >= 0.6 is 0 Å². The third kappa shape index (κ3) is 7.14. The molecule has 1 fully saturated rings. The van der Waals surface area contributed by atoms with Crippen molar-refractivity contribution in [1.29, 1.82) is 0 Å². The van der Waals surface area contributed by atoms with E-state index in [-0.39, 0.29) is 25.0 Å². The number of halogens is 3. The Hall–Kier alpha value is -3.37. The number of nitrogens with zero attached hydrogens (tertiary/aromatic N) is 3. The predicted molar refractivity (Wildman–Crippen MR) is 141 cm³/mol. The minimum Gasteiger partial charge on any atom is -0.395 e. The summed E-state index contributed by atoms with van der Waals surface area (Å²) in [7, 11) is 0. The van der Waals surface area contributed by atoms with Crippen molar-refractivity contribution in [3.05, 3.63) is 66.0 Å². The second-order valence-corrected chi connectivity index (χ2v) is 9.57. The number of carbonyl (C=O) groups excluding carboxylic acids is 2. The van der Waals surface area contributed by atoms with Crippen LogP contribution in [0.4, 0.5) is 18.9 Å². The molecule has 0 saturated carbocycles. The van der Waals surface area contributed by atoms with Gasteiger partial charge in [-0.05, 0) is 55.1 Å².